The standard InChI is InChI=1S/C25H21N5O2/c1-15-21(24(31)27-14-17-9-11-26-12-10-17)29-30-16(2)22(28-25(32)23(15)30)20-8-7-18-5-3-4-6-19(18)13-20/h3-13H,14H2,1-2H3,(H,27,31)(H,28,32). The van der Waals surface area contributed by atoms with Gasteiger partial charge in [0.15, 0.2) is 5.69 Å². The van der Waals surface area contributed by atoms with Crippen molar-refractivity contribution < 1.29 is 4.79 Å². The number of aromatic amines is 1. The number of hydrogen-bond donors (Lipinski definition) is 2. The fourth-order valence-electron chi connectivity index (χ4n) is 3.98. The molecule has 0 spiro atoms. The highest BCUT2D eigenvalue weighted by Gasteiger charge is 2.21. The summed E-state index contributed by atoms with van der Waals surface area (Å²) in [6.07, 6.45) is 3.35. The quantitative estimate of drug-likeness (QED) is 0.460. The second-order valence-electron chi connectivity index (χ2n) is 7.75. The van der Waals surface area contributed by atoms with Gasteiger partial charge < -0.3 is 10.3 Å². The van der Waals surface area contributed by atoms with Crippen molar-refractivity contribution in [3.8, 4) is 11.3 Å². The van der Waals surface area contributed by atoms with Gasteiger partial charge in [-0.2, -0.15) is 5.10 Å². The van der Waals surface area contributed by atoms with Gasteiger partial charge in [0.2, 0.25) is 0 Å². The molecule has 0 aliphatic rings. The van der Waals surface area contributed by atoms with Gasteiger partial charge in [0.05, 0.1) is 11.4 Å². The molecule has 0 aliphatic heterocycles. The van der Waals surface area contributed by atoms with Gasteiger partial charge in [-0.1, -0.05) is 36.4 Å². The Hall–Kier alpha value is -4.26. The minimum atomic E-state index is -0.325. The lowest BCUT2D eigenvalue weighted by atomic mass is 10.0. The number of carbonyl (C=O) groups is 1. The summed E-state index contributed by atoms with van der Waals surface area (Å²) in [5.41, 5.74) is 4.14. The minimum absolute atomic E-state index is 0.239. The first kappa shape index (κ1) is 19.7. The van der Waals surface area contributed by atoms with Crippen LogP contribution in [0.4, 0.5) is 0 Å². The molecule has 3 heterocycles. The molecule has 0 unspecified atom stereocenters. The smallest absolute Gasteiger partial charge is 0.274 e. The summed E-state index contributed by atoms with van der Waals surface area (Å²) in [4.78, 5) is 32.8. The first-order chi connectivity index (χ1) is 15.5. The summed E-state index contributed by atoms with van der Waals surface area (Å²) in [5, 5.41) is 9.58. The molecule has 0 saturated heterocycles. The zero-order valence-electron chi connectivity index (χ0n) is 17.7. The predicted molar refractivity (Wildman–Crippen MR) is 124 cm³/mol. The van der Waals surface area contributed by atoms with Crippen LogP contribution in [0.25, 0.3) is 27.5 Å². The number of benzene rings is 2. The Morgan fingerprint density at radius 2 is 1.78 bits per heavy atom. The van der Waals surface area contributed by atoms with Gasteiger partial charge in [-0.3, -0.25) is 14.6 Å². The molecular formula is C25H21N5O2. The number of aryl methyl sites for hydroxylation is 2. The first-order valence-electron chi connectivity index (χ1n) is 10.3. The minimum Gasteiger partial charge on any atom is -0.347 e. The Kier molecular flexibility index (Phi) is 4.78. The third kappa shape index (κ3) is 3.33. The average Bonchev–Trinajstić information content (AvgIpc) is 3.18. The molecule has 2 aromatic carbocycles. The third-order valence-corrected chi connectivity index (χ3v) is 5.71. The fraction of sp³-hybridized carbons (Fsp3) is 0.120. The molecule has 2 N–H and O–H groups in total. The largest absolute Gasteiger partial charge is 0.347 e. The number of rotatable bonds is 4. The van der Waals surface area contributed by atoms with Gasteiger partial charge in [0.1, 0.15) is 5.52 Å². The van der Waals surface area contributed by atoms with Gasteiger partial charge in [-0.05, 0) is 48.4 Å². The molecule has 0 fully saturated rings. The molecule has 7 heteroatoms. The zero-order valence-corrected chi connectivity index (χ0v) is 17.7. The van der Waals surface area contributed by atoms with E-state index in [-0.39, 0.29) is 17.2 Å². The van der Waals surface area contributed by atoms with Gasteiger partial charge in [-0.15, -0.1) is 0 Å². The second kappa shape index (κ2) is 7.77. The van der Waals surface area contributed by atoms with E-state index >= 15 is 0 Å². The van der Waals surface area contributed by atoms with Crippen LogP contribution in [-0.2, 0) is 6.54 Å². The maximum atomic E-state index is 13.0. The maximum absolute atomic E-state index is 13.0. The summed E-state index contributed by atoms with van der Waals surface area (Å²) < 4.78 is 1.57. The Bertz CT molecular complexity index is 1530. The van der Waals surface area contributed by atoms with E-state index in [4.69, 9.17) is 0 Å². The SMILES string of the molecule is Cc1c(C(=O)NCc2ccncc2)nn2c(C)c(-c3ccc4ccccc4c3)[nH]c(=O)c12. The van der Waals surface area contributed by atoms with Crippen LogP contribution in [0.3, 0.4) is 0 Å². The second-order valence-corrected chi connectivity index (χ2v) is 7.75. The topological polar surface area (TPSA) is 92.2 Å². The highest BCUT2D eigenvalue weighted by molar-refractivity contribution is 5.95. The van der Waals surface area contributed by atoms with E-state index in [0.717, 1.165) is 27.6 Å². The molecule has 7 nitrogen and oxygen atoms in total. The normalized spacial score (nSPS) is 11.2. The van der Waals surface area contributed by atoms with Crippen LogP contribution in [0.2, 0.25) is 0 Å². The van der Waals surface area contributed by atoms with E-state index in [2.05, 4.69) is 20.4 Å². The summed E-state index contributed by atoms with van der Waals surface area (Å²) in [7, 11) is 0. The van der Waals surface area contributed by atoms with E-state index in [9.17, 15) is 9.59 Å². The van der Waals surface area contributed by atoms with E-state index in [0.29, 0.717) is 23.3 Å². The molecule has 0 radical (unpaired) electrons. The van der Waals surface area contributed by atoms with Crippen LogP contribution in [0.5, 0.6) is 0 Å². The van der Waals surface area contributed by atoms with Crippen LogP contribution in [0, 0.1) is 13.8 Å². The van der Waals surface area contributed by atoms with Crippen molar-refractivity contribution in [1.82, 2.24) is 24.9 Å². The molecule has 0 aliphatic carbocycles. The Morgan fingerprint density at radius 3 is 2.56 bits per heavy atom. The van der Waals surface area contributed by atoms with Crippen molar-refractivity contribution in [2.24, 2.45) is 0 Å². The lowest BCUT2D eigenvalue weighted by Gasteiger charge is -2.09. The van der Waals surface area contributed by atoms with Gasteiger partial charge >= 0.3 is 0 Å². The van der Waals surface area contributed by atoms with Crippen molar-refractivity contribution in [3.05, 3.63) is 99.9 Å². The average molecular weight is 423 g/mol. The number of pyridine rings is 1. The molecule has 1 amide bonds. The monoisotopic (exact) mass is 423 g/mol. The molecular weight excluding hydrogens is 402 g/mol. The third-order valence-electron chi connectivity index (χ3n) is 5.71. The molecule has 32 heavy (non-hydrogen) atoms. The van der Waals surface area contributed by atoms with Crippen molar-refractivity contribution >= 4 is 22.2 Å². The number of amides is 1. The fourth-order valence-corrected chi connectivity index (χ4v) is 3.98. The lowest BCUT2D eigenvalue weighted by molar-refractivity contribution is 0.0945. The van der Waals surface area contributed by atoms with Crippen molar-refractivity contribution in [2.75, 3.05) is 0 Å². The van der Waals surface area contributed by atoms with Crippen molar-refractivity contribution in [1.29, 1.82) is 0 Å². The molecule has 0 saturated carbocycles. The number of aromatic nitrogens is 4. The molecule has 0 bridgehead atoms. The highest BCUT2D eigenvalue weighted by Crippen LogP contribution is 2.26. The van der Waals surface area contributed by atoms with Crippen molar-refractivity contribution in [3.63, 3.8) is 0 Å². The van der Waals surface area contributed by atoms with Gasteiger partial charge in [-0.25, -0.2) is 4.52 Å². The van der Waals surface area contributed by atoms with E-state index < -0.39 is 0 Å². The van der Waals surface area contributed by atoms with Gasteiger partial charge in [0.25, 0.3) is 11.5 Å². The number of hydrogen-bond acceptors (Lipinski definition) is 4. The summed E-state index contributed by atoms with van der Waals surface area (Å²) in [5.74, 6) is -0.325. The summed E-state index contributed by atoms with van der Waals surface area (Å²) in [6.45, 7) is 3.99. The van der Waals surface area contributed by atoms with Crippen LogP contribution in [-0.4, -0.2) is 25.5 Å². The summed E-state index contributed by atoms with van der Waals surface area (Å²) >= 11 is 0. The number of fused-ring (bicyclic) bond motifs is 2. The number of carbonyl (C=O) groups excluding carboxylic acids is 1. The highest BCUT2D eigenvalue weighted by atomic mass is 16.2. The van der Waals surface area contributed by atoms with E-state index in [1.165, 1.54) is 0 Å². The Balaban J connectivity index is 1.56. The Morgan fingerprint density at radius 1 is 1.03 bits per heavy atom. The molecule has 5 aromatic rings. The van der Waals surface area contributed by atoms with Crippen LogP contribution in [0.15, 0.2) is 71.8 Å². The molecule has 158 valence electrons. The van der Waals surface area contributed by atoms with Gasteiger partial charge in [0, 0.05) is 30.1 Å². The molecule has 3 aromatic heterocycles. The lowest BCUT2D eigenvalue weighted by Crippen LogP contribution is -2.24. The van der Waals surface area contributed by atoms with Crippen LogP contribution in [0.1, 0.15) is 27.3 Å². The summed E-state index contributed by atoms with van der Waals surface area (Å²) in [6, 6.07) is 17.8. The molecule has 5 rings (SSSR count). The van der Waals surface area contributed by atoms with Crippen LogP contribution < -0.4 is 10.9 Å². The van der Waals surface area contributed by atoms with Crippen LogP contribution >= 0.6 is 0 Å². The van der Waals surface area contributed by atoms with Crippen molar-refractivity contribution in [2.45, 2.75) is 20.4 Å². The van der Waals surface area contributed by atoms with E-state index in [1.54, 1.807) is 23.8 Å². The first-order valence-corrected chi connectivity index (χ1v) is 10.3. The zero-order chi connectivity index (χ0) is 22.2. The number of nitrogens with zero attached hydrogens (tertiary/aromatic N) is 3. The number of H-pyrrole nitrogens is 1. The molecule has 0 atom stereocenters. The Labute approximate surface area is 183 Å². The predicted octanol–water partition coefficient (Wildman–Crippen LogP) is 3.78. The maximum Gasteiger partial charge on any atom is 0.274 e. The van der Waals surface area contributed by atoms with E-state index in [1.807, 2.05) is 61.5 Å². The number of nitrogens with one attached hydrogen (secondary N) is 2.